The van der Waals surface area contributed by atoms with Gasteiger partial charge in [0.1, 0.15) is 12.1 Å². The van der Waals surface area contributed by atoms with Gasteiger partial charge in [0.15, 0.2) is 0 Å². The molecule has 0 bridgehead atoms. The zero-order valence-electron chi connectivity index (χ0n) is 15.5. The third kappa shape index (κ3) is 3.01. The summed E-state index contributed by atoms with van der Waals surface area (Å²) in [6.07, 6.45) is 8.81. The smallest absolute Gasteiger partial charge is 0.257 e. The molecule has 0 radical (unpaired) electrons. The van der Waals surface area contributed by atoms with Gasteiger partial charge in [0.05, 0.1) is 5.52 Å². The summed E-state index contributed by atoms with van der Waals surface area (Å²) in [5.41, 5.74) is 3.36. The molecule has 0 spiro atoms. The van der Waals surface area contributed by atoms with Crippen molar-refractivity contribution in [1.82, 2.24) is 19.6 Å². The minimum atomic E-state index is 0.608. The zero-order chi connectivity index (χ0) is 18.5. The maximum atomic E-state index is 4.79. The lowest BCUT2D eigenvalue weighted by Crippen LogP contribution is -2.24. The molecule has 5 heteroatoms. The van der Waals surface area contributed by atoms with Gasteiger partial charge >= 0.3 is 0 Å². The maximum absolute atomic E-state index is 4.79. The monoisotopic (exact) mass is 347 g/mol. The Hall–Kier alpha value is -2.95. The van der Waals surface area contributed by atoms with Gasteiger partial charge in [0.2, 0.25) is 0 Å². The molecule has 0 saturated heterocycles. The normalized spacial score (nSPS) is 14.8. The minimum Gasteiger partial charge on any atom is -0.325 e. The van der Waals surface area contributed by atoms with Crippen LogP contribution in [0.1, 0.15) is 33.1 Å². The van der Waals surface area contributed by atoms with E-state index in [-0.39, 0.29) is 0 Å². The topological polar surface area (TPSA) is 46.3 Å². The fourth-order valence-electron chi connectivity index (χ4n) is 3.38. The quantitative estimate of drug-likeness (QED) is 0.674. The molecule has 134 valence electrons. The molecular weight excluding hydrogens is 322 g/mol. The van der Waals surface area contributed by atoms with Gasteiger partial charge in [0, 0.05) is 17.6 Å². The molecule has 1 aromatic carbocycles. The second-order valence-electron chi connectivity index (χ2n) is 5.88. The number of hydrogen-bond acceptors (Lipinski definition) is 4. The molecule has 0 fully saturated rings. The number of hydrogen-bond donors (Lipinski definition) is 0. The first kappa shape index (κ1) is 17.9. The van der Waals surface area contributed by atoms with Crippen LogP contribution in [0.25, 0.3) is 16.7 Å². The number of para-hydroxylation sites is 1. The third-order valence-corrected chi connectivity index (χ3v) is 4.53. The van der Waals surface area contributed by atoms with Crippen molar-refractivity contribution in [2.24, 2.45) is 0 Å². The summed E-state index contributed by atoms with van der Waals surface area (Å²) < 4.78 is 1.92. The van der Waals surface area contributed by atoms with Crippen LogP contribution in [0, 0.1) is 0 Å². The van der Waals surface area contributed by atoms with Crippen molar-refractivity contribution < 1.29 is 0 Å². The molecule has 0 atom stereocenters. The first-order valence-electron chi connectivity index (χ1n) is 9.17. The Kier molecular flexibility index (Phi) is 5.46. The van der Waals surface area contributed by atoms with Gasteiger partial charge in [0.25, 0.3) is 5.78 Å². The van der Waals surface area contributed by atoms with Crippen LogP contribution in [0.15, 0.2) is 67.2 Å². The summed E-state index contributed by atoms with van der Waals surface area (Å²) in [5, 5.41) is 9.24. The van der Waals surface area contributed by atoms with E-state index in [1.807, 2.05) is 42.5 Å². The van der Waals surface area contributed by atoms with Crippen LogP contribution in [0.5, 0.6) is 0 Å². The predicted molar refractivity (Wildman–Crippen MR) is 108 cm³/mol. The van der Waals surface area contributed by atoms with Crippen molar-refractivity contribution in [3.05, 3.63) is 67.2 Å². The summed E-state index contributed by atoms with van der Waals surface area (Å²) in [4.78, 5) is 7.04. The predicted octanol–water partition coefficient (Wildman–Crippen LogP) is 4.92. The van der Waals surface area contributed by atoms with Crippen LogP contribution in [0.2, 0.25) is 0 Å². The molecule has 4 rings (SSSR count). The molecule has 26 heavy (non-hydrogen) atoms. The van der Waals surface area contributed by atoms with Gasteiger partial charge in [-0.3, -0.25) is 4.40 Å². The standard InChI is InChI=1S/C19H19N5.C2H6/c1-3-14-9-7-8-12-23(16(14)4-2)18-15-10-5-6-11-17(15)24-13-20-22-19(24)21-18;1-2/h3-6,10-11,13H,1-2,7-9,12H2;1-2H3. The van der Waals surface area contributed by atoms with E-state index < -0.39 is 0 Å². The van der Waals surface area contributed by atoms with Gasteiger partial charge in [-0.15, -0.1) is 10.2 Å². The highest BCUT2D eigenvalue weighted by atomic mass is 15.3. The van der Waals surface area contributed by atoms with E-state index >= 15 is 0 Å². The highest BCUT2D eigenvalue weighted by molar-refractivity contribution is 5.92. The summed E-state index contributed by atoms with van der Waals surface area (Å²) >= 11 is 0. The summed E-state index contributed by atoms with van der Waals surface area (Å²) in [5.74, 6) is 1.51. The van der Waals surface area contributed by atoms with Crippen molar-refractivity contribution in [1.29, 1.82) is 0 Å². The number of benzene rings is 1. The van der Waals surface area contributed by atoms with Crippen LogP contribution in [-0.4, -0.2) is 26.1 Å². The fraction of sp³-hybridized carbons (Fsp3) is 0.286. The van der Waals surface area contributed by atoms with Crippen molar-refractivity contribution in [3.63, 3.8) is 0 Å². The van der Waals surface area contributed by atoms with Gasteiger partial charge in [-0.25, -0.2) is 0 Å². The van der Waals surface area contributed by atoms with Gasteiger partial charge in [-0.1, -0.05) is 45.2 Å². The van der Waals surface area contributed by atoms with Crippen LogP contribution >= 0.6 is 0 Å². The SMILES string of the molecule is C=CC1=C(C=C)N(c2nc3nncn3c3ccccc23)CCCC1.CC. The van der Waals surface area contributed by atoms with Crippen LogP contribution < -0.4 is 4.90 Å². The summed E-state index contributed by atoms with van der Waals surface area (Å²) in [7, 11) is 0. The average Bonchev–Trinajstić information content (AvgIpc) is 3.08. The lowest BCUT2D eigenvalue weighted by Gasteiger charge is -2.26. The molecule has 0 amide bonds. The van der Waals surface area contributed by atoms with E-state index in [1.54, 1.807) is 6.33 Å². The van der Waals surface area contributed by atoms with Crippen molar-refractivity contribution in [3.8, 4) is 0 Å². The van der Waals surface area contributed by atoms with E-state index in [0.717, 1.165) is 48.2 Å². The molecule has 1 aliphatic rings. The van der Waals surface area contributed by atoms with Crippen LogP contribution in [0.3, 0.4) is 0 Å². The zero-order valence-corrected chi connectivity index (χ0v) is 15.5. The number of allylic oxidation sites excluding steroid dienone is 3. The molecule has 3 aromatic rings. The Balaban J connectivity index is 0.000000948. The minimum absolute atomic E-state index is 0.608. The van der Waals surface area contributed by atoms with Crippen molar-refractivity contribution in [2.45, 2.75) is 33.1 Å². The second-order valence-corrected chi connectivity index (χ2v) is 5.88. The first-order chi connectivity index (χ1) is 12.8. The Morgan fingerprint density at radius 3 is 2.65 bits per heavy atom. The Morgan fingerprint density at radius 2 is 1.88 bits per heavy atom. The molecule has 0 N–H and O–H groups in total. The summed E-state index contributed by atoms with van der Waals surface area (Å²) in [6.45, 7) is 12.9. The van der Waals surface area contributed by atoms with E-state index in [1.165, 1.54) is 5.57 Å². The number of rotatable bonds is 3. The summed E-state index contributed by atoms with van der Waals surface area (Å²) in [6, 6.07) is 8.22. The molecule has 1 aliphatic heterocycles. The fourth-order valence-corrected chi connectivity index (χ4v) is 3.38. The lowest BCUT2D eigenvalue weighted by atomic mass is 10.1. The Morgan fingerprint density at radius 1 is 1.08 bits per heavy atom. The van der Waals surface area contributed by atoms with E-state index in [0.29, 0.717) is 5.78 Å². The van der Waals surface area contributed by atoms with E-state index in [4.69, 9.17) is 4.98 Å². The number of fused-ring (bicyclic) bond motifs is 3. The third-order valence-electron chi connectivity index (χ3n) is 4.53. The molecule has 2 aromatic heterocycles. The van der Waals surface area contributed by atoms with Gasteiger partial charge < -0.3 is 4.90 Å². The van der Waals surface area contributed by atoms with Crippen LogP contribution in [-0.2, 0) is 0 Å². The molecule has 0 saturated carbocycles. The molecule has 0 aliphatic carbocycles. The molecule has 5 nitrogen and oxygen atoms in total. The van der Waals surface area contributed by atoms with E-state index in [2.05, 4.69) is 40.4 Å². The van der Waals surface area contributed by atoms with E-state index in [9.17, 15) is 0 Å². The van der Waals surface area contributed by atoms with Gasteiger partial charge in [-0.05, 0) is 43.0 Å². The molecular formula is C21H25N5. The van der Waals surface area contributed by atoms with Crippen LogP contribution in [0.4, 0.5) is 5.82 Å². The number of anilines is 1. The number of nitrogens with zero attached hydrogens (tertiary/aromatic N) is 5. The highest BCUT2D eigenvalue weighted by Gasteiger charge is 2.21. The highest BCUT2D eigenvalue weighted by Crippen LogP contribution is 2.32. The largest absolute Gasteiger partial charge is 0.325 e. The second kappa shape index (κ2) is 7.95. The Labute approximate surface area is 154 Å². The average molecular weight is 347 g/mol. The maximum Gasteiger partial charge on any atom is 0.257 e. The first-order valence-corrected chi connectivity index (χ1v) is 9.17. The Bertz CT molecular complexity index is 967. The van der Waals surface area contributed by atoms with Crippen molar-refractivity contribution >= 4 is 22.5 Å². The molecule has 0 unspecified atom stereocenters. The van der Waals surface area contributed by atoms with Gasteiger partial charge in [-0.2, -0.15) is 4.98 Å². The van der Waals surface area contributed by atoms with Crippen molar-refractivity contribution in [2.75, 3.05) is 11.4 Å². The number of aromatic nitrogens is 4. The lowest BCUT2D eigenvalue weighted by molar-refractivity contribution is 0.753. The molecule has 3 heterocycles.